The van der Waals surface area contributed by atoms with Crippen molar-refractivity contribution in [3.05, 3.63) is 59.4 Å². The highest BCUT2D eigenvalue weighted by atomic mass is 19.1. The molecule has 0 amide bonds. The van der Waals surface area contributed by atoms with E-state index in [-0.39, 0.29) is 6.04 Å². The van der Waals surface area contributed by atoms with E-state index >= 15 is 0 Å². The normalized spacial score (nSPS) is 12.6. The second-order valence-electron chi connectivity index (χ2n) is 4.63. The van der Waals surface area contributed by atoms with Gasteiger partial charge in [-0.3, -0.25) is 0 Å². The molecule has 2 nitrogen and oxygen atoms in total. The molecule has 0 saturated carbocycles. The van der Waals surface area contributed by atoms with Crippen molar-refractivity contribution in [3.63, 3.8) is 0 Å². The van der Waals surface area contributed by atoms with Gasteiger partial charge in [0.05, 0.1) is 0 Å². The van der Waals surface area contributed by atoms with E-state index in [9.17, 15) is 8.78 Å². The van der Waals surface area contributed by atoms with Gasteiger partial charge in [0.1, 0.15) is 11.6 Å². The molecule has 0 aliphatic carbocycles. The molecule has 1 aromatic carbocycles. The van der Waals surface area contributed by atoms with E-state index in [0.717, 1.165) is 18.2 Å². The Kier molecular flexibility index (Phi) is 4.32. The van der Waals surface area contributed by atoms with Crippen molar-refractivity contribution in [3.8, 4) is 0 Å². The van der Waals surface area contributed by atoms with Crippen LogP contribution in [0.4, 0.5) is 8.78 Å². The predicted molar refractivity (Wildman–Crippen MR) is 72.0 cm³/mol. The summed E-state index contributed by atoms with van der Waals surface area (Å²) in [6, 6.07) is 5.96. The van der Waals surface area contributed by atoms with Gasteiger partial charge in [0, 0.05) is 36.6 Å². The third-order valence-electron chi connectivity index (χ3n) is 3.15. The molecule has 1 N–H and O–H groups in total. The molecule has 0 radical (unpaired) electrons. The van der Waals surface area contributed by atoms with E-state index in [2.05, 4.69) is 19.2 Å². The number of halogens is 2. The molecule has 0 spiro atoms. The number of nitrogens with one attached hydrogen (secondary N) is 1. The minimum atomic E-state index is -0.546. The van der Waals surface area contributed by atoms with Gasteiger partial charge in [-0.25, -0.2) is 8.78 Å². The van der Waals surface area contributed by atoms with Crippen molar-refractivity contribution in [2.75, 3.05) is 6.54 Å². The molecule has 0 aliphatic rings. The molecule has 0 aliphatic heterocycles. The maximum Gasteiger partial charge on any atom is 0.131 e. The van der Waals surface area contributed by atoms with Crippen molar-refractivity contribution in [1.82, 2.24) is 9.88 Å². The van der Waals surface area contributed by atoms with Crippen LogP contribution in [0.3, 0.4) is 0 Å². The number of nitrogens with zero attached hydrogens (tertiary/aromatic N) is 1. The monoisotopic (exact) mass is 264 g/mol. The molecular formula is C15H18F2N2. The molecular weight excluding hydrogens is 246 g/mol. The molecule has 2 rings (SSSR count). The minimum absolute atomic E-state index is 0.268. The Morgan fingerprint density at radius 2 is 2.05 bits per heavy atom. The Balaban J connectivity index is 2.11. The maximum absolute atomic E-state index is 13.6. The van der Waals surface area contributed by atoms with Crippen LogP contribution in [0.5, 0.6) is 0 Å². The molecule has 19 heavy (non-hydrogen) atoms. The first-order valence-corrected chi connectivity index (χ1v) is 6.43. The first-order valence-electron chi connectivity index (χ1n) is 6.43. The Labute approximate surface area is 112 Å². The van der Waals surface area contributed by atoms with Gasteiger partial charge in [0.15, 0.2) is 0 Å². The molecule has 0 fully saturated rings. The molecule has 0 bridgehead atoms. The van der Waals surface area contributed by atoms with Crippen LogP contribution in [0, 0.1) is 11.6 Å². The molecule has 2 aromatic rings. The zero-order chi connectivity index (χ0) is 13.8. The van der Waals surface area contributed by atoms with Crippen LogP contribution in [0.25, 0.3) is 0 Å². The Bertz CT molecular complexity index is 549. The molecule has 4 heteroatoms. The van der Waals surface area contributed by atoms with Gasteiger partial charge in [-0.15, -0.1) is 0 Å². The molecule has 1 unspecified atom stereocenters. The topological polar surface area (TPSA) is 17.0 Å². The maximum atomic E-state index is 13.6. The summed E-state index contributed by atoms with van der Waals surface area (Å²) in [6.45, 7) is 5.45. The summed E-state index contributed by atoms with van der Waals surface area (Å²) in [7, 11) is 0. The van der Waals surface area contributed by atoms with E-state index in [1.54, 1.807) is 0 Å². The lowest BCUT2D eigenvalue weighted by molar-refractivity contribution is 0.565. The standard InChI is InChI=1S/C15H18F2N2/c1-3-18-11(2)12-6-7-19(9-12)10-13-4-5-14(16)8-15(13)17/h4-9,11,18H,3,10H2,1-2H3. The average Bonchev–Trinajstić information content (AvgIpc) is 2.82. The fourth-order valence-electron chi connectivity index (χ4n) is 2.08. The second kappa shape index (κ2) is 5.97. The lowest BCUT2D eigenvalue weighted by Crippen LogP contribution is -2.17. The smallest absolute Gasteiger partial charge is 0.131 e. The van der Waals surface area contributed by atoms with Gasteiger partial charge >= 0.3 is 0 Å². The summed E-state index contributed by atoms with van der Waals surface area (Å²) in [5, 5.41) is 3.32. The second-order valence-corrected chi connectivity index (χ2v) is 4.63. The fourth-order valence-corrected chi connectivity index (χ4v) is 2.08. The fraction of sp³-hybridized carbons (Fsp3) is 0.333. The zero-order valence-corrected chi connectivity index (χ0v) is 11.2. The van der Waals surface area contributed by atoms with Crippen LogP contribution in [0.15, 0.2) is 36.7 Å². The number of rotatable bonds is 5. The van der Waals surface area contributed by atoms with Gasteiger partial charge < -0.3 is 9.88 Å². The lowest BCUT2D eigenvalue weighted by Gasteiger charge is -2.10. The van der Waals surface area contributed by atoms with E-state index in [4.69, 9.17) is 0 Å². The van der Waals surface area contributed by atoms with E-state index in [1.807, 2.05) is 23.0 Å². The Morgan fingerprint density at radius 3 is 2.74 bits per heavy atom. The average molecular weight is 264 g/mol. The van der Waals surface area contributed by atoms with E-state index < -0.39 is 11.6 Å². The first-order chi connectivity index (χ1) is 9.10. The highest BCUT2D eigenvalue weighted by molar-refractivity contribution is 5.21. The third-order valence-corrected chi connectivity index (χ3v) is 3.15. The molecule has 1 heterocycles. The Morgan fingerprint density at radius 1 is 1.26 bits per heavy atom. The van der Waals surface area contributed by atoms with Gasteiger partial charge in [0.25, 0.3) is 0 Å². The molecule has 0 saturated heterocycles. The summed E-state index contributed by atoms with van der Waals surface area (Å²) in [5.41, 5.74) is 1.64. The summed E-state index contributed by atoms with van der Waals surface area (Å²) in [5.74, 6) is -1.05. The minimum Gasteiger partial charge on any atom is -0.349 e. The number of benzene rings is 1. The van der Waals surface area contributed by atoms with Crippen molar-refractivity contribution >= 4 is 0 Å². The molecule has 1 atom stereocenters. The summed E-state index contributed by atoms with van der Waals surface area (Å²) in [4.78, 5) is 0. The summed E-state index contributed by atoms with van der Waals surface area (Å²) < 4.78 is 28.3. The largest absolute Gasteiger partial charge is 0.349 e. The third kappa shape index (κ3) is 3.41. The van der Waals surface area contributed by atoms with Crippen LogP contribution in [0.1, 0.15) is 31.0 Å². The molecule has 102 valence electrons. The first kappa shape index (κ1) is 13.7. The van der Waals surface area contributed by atoms with Crippen LogP contribution < -0.4 is 5.32 Å². The quantitative estimate of drug-likeness (QED) is 0.874. The van der Waals surface area contributed by atoms with Gasteiger partial charge in [-0.1, -0.05) is 13.0 Å². The van der Waals surface area contributed by atoms with E-state index in [0.29, 0.717) is 12.1 Å². The zero-order valence-electron chi connectivity index (χ0n) is 11.2. The molecule has 1 aromatic heterocycles. The van der Waals surface area contributed by atoms with E-state index in [1.165, 1.54) is 12.1 Å². The van der Waals surface area contributed by atoms with Crippen LogP contribution in [-0.2, 0) is 6.54 Å². The van der Waals surface area contributed by atoms with Crippen molar-refractivity contribution < 1.29 is 8.78 Å². The van der Waals surface area contributed by atoms with Crippen LogP contribution in [-0.4, -0.2) is 11.1 Å². The number of hydrogen-bond acceptors (Lipinski definition) is 1. The van der Waals surface area contributed by atoms with Crippen molar-refractivity contribution in [1.29, 1.82) is 0 Å². The number of aromatic nitrogens is 1. The summed E-state index contributed by atoms with van der Waals surface area (Å²) in [6.07, 6.45) is 3.89. The SMILES string of the molecule is CCNC(C)c1ccn(Cc2ccc(F)cc2F)c1. The number of hydrogen-bond donors (Lipinski definition) is 1. The van der Waals surface area contributed by atoms with Gasteiger partial charge in [0.2, 0.25) is 0 Å². The van der Waals surface area contributed by atoms with Crippen LogP contribution in [0.2, 0.25) is 0 Å². The van der Waals surface area contributed by atoms with Gasteiger partial charge in [-0.2, -0.15) is 0 Å². The highest BCUT2D eigenvalue weighted by Gasteiger charge is 2.08. The highest BCUT2D eigenvalue weighted by Crippen LogP contribution is 2.15. The van der Waals surface area contributed by atoms with Gasteiger partial charge in [-0.05, 0) is 31.2 Å². The van der Waals surface area contributed by atoms with Crippen molar-refractivity contribution in [2.45, 2.75) is 26.4 Å². The Hall–Kier alpha value is -1.68. The van der Waals surface area contributed by atoms with Crippen LogP contribution >= 0.6 is 0 Å². The predicted octanol–water partition coefficient (Wildman–Crippen LogP) is 3.49. The lowest BCUT2D eigenvalue weighted by atomic mass is 10.2. The summed E-state index contributed by atoms with van der Waals surface area (Å²) >= 11 is 0. The van der Waals surface area contributed by atoms with Crippen molar-refractivity contribution in [2.24, 2.45) is 0 Å².